The van der Waals surface area contributed by atoms with Gasteiger partial charge in [-0.3, -0.25) is 0 Å². The number of hydrogen-bond acceptors (Lipinski definition) is 0. The van der Waals surface area contributed by atoms with Crippen LogP contribution >= 0.6 is 0 Å². The summed E-state index contributed by atoms with van der Waals surface area (Å²) < 4.78 is 0. The Morgan fingerprint density at radius 1 is 0.500 bits per heavy atom. The molecule has 18 heavy (non-hydrogen) atoms. The molecule has 0 N–H and O–H groups in total. The van der Waals surface area contributed by atoms with Crippen LogP contribution in [0.1, 0.15) is 75.7 Å². The SMILES string of the molecule is CC1(C)CC2(C)C1(C)C1(C)C(C)(C)C(C)(C)C21C. The van der Waals surface area contributed by atoms with Crippen LogP contribution in [-0.2, 0) is 0 Å². The van der Waals surface area contributed by atoms with Crippen LogP contribution in [-0.4, -0.2) is 0 Å². The van der Waals surface area contributed by atoms with Crippen molar-refractivity contribution in [1.29, 1.82) is 0 Å². The van der Waals surface area contributed by atoms with E-state index >= 15 is 0 Å². The second-order valence-electron chi connectivity index (χ2n) is 10.0. The molecule has 0 bridgehead atoms. The summed E-state index contributed by atoms with van der Waals surface area (Å²) in [5, 5.41) is 0. The highest BCUT2D eigenvalue weighted by atomic mass is 15.0. The molecule has 104 valence electrons. The van der Waals surface area contributed by atoms with Gasteiger partial charge in [0.15, 0.2) is 0 Å². The lowest BCUT2D eigenvalue weighted by atomic mass is 9.00. The van der Waals surface area contributed by atoms with Crippen molar-refractivity contribution in [3.8, 4) is 0 Å². The topological polar surface area (TPSA) is 0 Å². The van der Waals surface area contributed by atoms with Crippen LogP contribution in [0.2, 0.25) is 0 Å². The molecule has 3 aliphatic rings. The molecule has 3 rings (SSSR count). The molecule has 4 atom stereocenters. The maximum absolute atomic E-state index is 2.60. The van der Waals surface area contributed by atoms with Crippen molar-refractivity contribution in [3.63, 3.8) is 0 Å². The van der Waals surface area contributed by atoms with Gasteiger partial charge < -0.3 is 0 Å². The molecule has 3 fully saturated rings. The van der Waals surface area contributed by atoms with Crippen molar-refractivity contribution in [2.45, 2.75) is 75.7 Å². The second-order valence-corrected chi connectivity index (χ2v) is 10.0. The molecule has 3 aliphatic carbocycles. The van der Waals surface area contributed by atoms with Gasteiger partial charge in [-0.25, -0.2) is 0 Å². The van der Waals surface area contributed by atoms with Crippen LogP contribution in [0.3, 0.4) is 0 Å². The van der Waals surface area contributed by atoms with E-state index in [9.17, 15) is 0 Å². The fourth-order valence-corrected chi connectivity index (χ4v) is 8.52. The standard InChI is InChI=1S/C18H32/c1-12(2)11-15(7)16(12,8)18(10)14(5,6)13(3,4)17(15,18)9/h11H2,1-10H3. The second kappa shape index (κ2) is 2.35. The van der Waals surface area contributed by atoms with Gasteiger partial charge in [0.05, 0.1) is 0 Å². The molecule has 0 aromatic rings. The highest BCUT2D eigenvalue weighted by Gasteiger charge is 3.00. The average molecular weight is 248 g/mol. The number of hydrogen-bond donors (Lipinski definition) is 0. The third-order valence-corrected chi connectivity index (χ3v) is 10.4. The van der Waals surface area contributed by atoms with Gasteiger partial charge in [0, 0.05) is 0 Å². The Morgan fingerprint density at radius 2 is 0.889 bits per heavy atom. The molecule has 0 nitrogen and oxygen atoms in total. The number of fused-ring (bicyclic) bond motifs is 4. The maximum atomic E-state index is 2.60. The van der Waals surface area contributed by atoms with Gasteiger partial charge in [0.2, 0.25) is 0 Å². The van der Waals surface area contributed by atoms with Crippen molar-refractivity contribution in [3.05, 3.63) is 0 Å². The Bertz CT molecular complexity index is 441. The van der Waals surface area contributed by atoms with E-state index in [1.165, 1.54) is 6.42 Å². The lowest BCUT2D eigenvalue weighted by molar-refractivity contribution is -0.564. The minimum absolute atomic E-state index is 0.431. The van der Waals surface area contributed by atoms with Gasteiger partial charge in [-0.15, -0.1) is 0 Å². The largest absolute Gasteiger partial charge is 0.0593 e. The summed E-state index contributed by atoms with van der Waals surface area (Å²) in [6.45, 7) is 25.4. The van der Waals surface area contributed by atoms with E-state index in [1.807, 2.05) is 0 Å². The van der Waals surface area contributed by atoms with E-state index in [0.29, 0.717) is 37.9 Å². The van der Waals surface area contributed by atoms with Gasteiger partial charge in [0.1, 0.15) is 0 Å². The van der Waals surface area contributed by atoms with E-state index in [2.05, 4.69) is 69.2 Å². The monoisotopic (exact) mass is 248 g/mol. The van der Waals surface area contributed by atoms with Gasteiger partial charge in [-0.2, -0.15) is 0 Å². The quantitative estimate of drug-likeness (QED) is 0.529. The summed E-state index contributed by atoms with van der Waals surface area (Å²) in [6.07, 6.45) is 1.40. The Balaban J connectivity index is 2.24. The predicted molar refractivity (Wildman–Crippen MR) is 78.4 cm³/mol. The van der Waals surface area contributed by atoms with Crippen LogP contribution in [0.5, 0.6) is 0 Å². The molecule has 0 amide bonds. The normalized spacial score (nSPS) is 61.7. The highest BCUT2D eigenvalue weighted by Crippen LogP contribution is 3.04. The lowest BCUT2D eigenvalue weighted by Gasteiger charge is -3.03. The summed E-state index contributed by atoms with van der Waals surface area (Å²) in [5.74, 6) is 0. The summed E-state index contributed by atoms with van der Waals surface area (Å²) in [6, 6.07) is 0. The van der Waals surface area contributed by atoms with Crippen molar-refractivity contribution < 1.29 is 0 Å². The van der Waals surface area contributed by atoms with Gasteiger partial charge >= 0.3 is 0 Å². The van der Waals surface area contributed by atoms with Gasteiger partial charge in [0.25, 0.3) is 0 Å². The maximum Gasteiger partial charge on any atom is -0.0140 e. The molecule has 0 aromatic heterocycles. The zero-order valence-corrected chi connectivity index (χ0v) is 14.2. The molecular weight excluding hydrogens is 216 g/mol. The molecule has 0 spiro atoms. The molecule has 0 heteroatoms. The first-order chi connectivity index (χ1) is 7.71. The van der Waals surface area contributed by atoms with Crippen LogP contribution < -0.4 is 0 Å². The average Bonchev–Trinajstić information content (AvgIpc) is 2.22. The van der Waals surface area contributed by atoms with E-state index in [0.717, 1.165) is 0 Å². The molecule has 0 saturated heterocycles. The van der Waals surface area contributed by atoms with E-state index in [-0.39, 0.29) is 0 Å². The first kappa shape index (κ1) is 13.0. The number of rotatable bonds is 0. The summed E-state index contributed by atoms with van der Waals surface area (Å²) >= 11 is 0. The van der Waals surface area contributed by atoms with E-state index in [1.54, 1.807) is 0 Å². The molecule has 0 aromatic carbocycles. The Labute approximate surface area is 114 Å². The lowest BCUT2D eigenvalue weighted by Crippen LogP contribution is -2.99. The summed E-state index contributed by atoms with van der Waals surface area (Å²) in [7, 11) is 0. The third-order valence-electron chi connectivity index (χ3n) is 10.4. The van der Waals surface area contributed by atoms with Crippen LogP contribution in [0.4, 0.5) is 0 Å². The first-order valence-electron chi connectivity index (χ1n) is 7.71. The molecule has 0 aliphatic heterocycles. The fraction of sp³-hybridized carbons (Fsp3) is 1.00. The molecular formula is C18H32. The molecule has 0 heterocycles. The highest BCUT2D eigenvalue weighted by molar-refractivity contribution is 5.46. The first-order valence-corrected chi connectivity index (χ1v) is 7.71. The van der Waals surface area contributed by atoms with Gasteiger partial charge in [-0.05, 0) is 44.3 Å². The van der Waals surface area contributed by atoms with Crippen LogP contribution in [0.15, 0.2) is 0 Å². The minimum Gasteiger partial charge on any atom is -0.0593 e. The van der Waals surface area contributed by atoms with Crippen LogP contribution in [0, 0.1) is 37.9 Å². The van der Waals surface area contributed by atoms with Crippen LogP contribution in [0.25, 0.3) is 0 Å². The van der Waals surface area contributed by atoms with E-state index in [4.69, 9.17) is 0 Å². The minimum atomic E-state index is 0.431. The molecule has 0 radical (unpaired) electrons. The fourth-order valence-electron chi connectivity index (χ4n) is 8.52. The van der Waals surface area contributed by atoms with Crippen molar-refractivity contribution in [1.82, 2.24) is 0 Å². The zero-order valence-electron chi connectivity index (χ0n) is 14.2. The van der Waals surface area contributed by atoms with E-state index < -0.39 is 0 Å². The smallest absolute Gasteiger partial charge is 0.0140 e. The Morgan fingerprint density at radius 3 is 1.28 bits per heavy atom. The predicted octanol–water partition coefficient (Wildman–Crippen LogP) is 5.52. The molecule has 4 unspecified atom stereocenters. The summed E-state index contributed by atoms with van der Waals surface area (Å²) in [4.78, 5) is 0. The summed E-state index contributed by atoms with van der Waals surface area (Å²) in [5.41, 5.74) is 3.40. The zero-order chi connectivity index (χ0) is 14.2. The van der Waals surface area contributed by atoms with Crippen molar-refractivity contribution in [2.75, 3.05) is 0 Å². The molecule has 3 saturated carbocycles. The van der Waals surface area contributed by atoms with Gasteiger partial charge in [-0.1, -0.05) is 69.2 Å². The van der Waals surface area contributed by atoms with Crippen molar-refractivity contribution in [2.24, 2.45) is 37.9 Å². The Kier molecular flexibility index (Phi) is 1.70. The Hall–Kier alpha value is 0. The third kappa shape index (κ3) is 0.592. The van der Waals surface area contributed by atoms with Crippen molar-refractivity contribution >= 4 is 0 Å².